The second-order valence-electron chi connectivity index (χ2n) is 21.9. The van der Waals surface area contributed by atoms with Crippen LogP contribution in [0.2, 0.25) is 0 Å². The van der Waals surface area contributed by atoms with Gasteiger partial charge in [-0.05, 0) is 130 Å². The highest BCUT2D eigenvalue weighted by atomic mass is 16.2. The lowest BCUT2D eigenvalue weighted by atomic mass is 9.83. The zero-order valence-electron chi connectivity index (χ0n) is 46.4. The molecule has 81 heavy (non-hydrogen) atoms. The van der Waals surface area contributed by atoms with E-state index in [4.69, 9.17) is 29.9 Å². The maximum atomic E-state index is 14.6. The third-order valence-electron chi connectivity index (χ3n) is 16.0. The first kappa shape index (κ1) is 52.0. The summed E-state index contributed by atoms with van der Waals surface area (Å²) in [5.41, 5.74) is 10.4. The summed E-state index contributed by atoms with van der Waals surface area (Å²) < 4.78 is 0. The third kappa shape index (κ3) is 9.26. The number of aryl methyl sites for hydroxylation is 2. The lowest BCUT2D eigenvalue weighted by Crippen LogP contribution is -2.43. The lowest BCUT2D eigenvalue weighted by Gasteiger charge is -2.32. The highest BCUT2D eigenvalue weighted by Crippen LogP contribution is 2.42. The average molecular weight is 1060 g/mol. The van der Waals surface area contributed by atoms with Gasteiger partial charge in [0.05, 0.1) is 11.4 Å². The smallest absolute Gasteiger partial charge is 0.265 e. The Bertz CT molecular complexity index is 4080. The molecule has 12 rings (SSSR count). The normalized spacial score (nSPS) is 13.3. The molecule has 0 atom stereocenters. The minimum atomic E-state index is -0.750. The van der Waals surface area contributed by atoms with Crippen molar-refractivity contribution in [2.24, 2.45) is 0 Å². The molecule has 8 aromatic carbocycles. The molecule has 0 unspecified atom stereocenters. The molecule has 2 aromatic heterocycles. The summed E-state index contributed by atoms with van der Waals surface area (Å²) in [5, 5.41) is 0.553. The molecule has 4 heterocycles. The number of rotatable bonds is 13. The van der Waals surface area contributed by atoms with Gasteiger partial charge in [-0.15, -0.1) is 0 Å². The Morgan fingerprint density at radius 3 is 1.01 bits per heavy atom. The summed E-state index contributed by atoms with van der Waals surface area (Å²) in [6.45, 7) is 16.9. The predicted octanol–water partition coefficient (Wildman–Crippen LogP) is 15.1. The van der Waals surface area contributed by atoms with Crippen molar-refractivity contribution in [3.05, 3.63) is 226 Å². The highest BCUT2D eigenvalue weighted by Gasteiger charge is 2.41. The van der Waals surface area contributed by atoms with E-state index >= 15 is 0 Å². The van der Waals surface area contributed by atoms with Gasteiger partial charge in [0.25, 0.3) is 23.6 Å². The first-order valence-electron chi connectivity index (χ1n) is 27.6. The average Bonchev–Trinajstić information content (AvgIpc) is 3.52. The van der Waals surface area contributed by atoms with Crippen molar-refractivity contribution in [3.8, 4) is 56.9 Å². The van der Waals surface area contributed by atoms with Gasteiger partial charge < -0.3 is 0 Å². The van der Waals surface area contributed by atoms with Crippen LogP contribution in [0.1, 0.15) is 141 Å². The van der Waals surface area contributed by atoms with Crippen LogP contribution in [-0.4, -0.2) is 53.5 Å². The first-order chi connectivity index (χ1) is 39.1. The van der Waals surface area contributed by atoms with E-state index in [0.717, 1.165) is 61.6 Å². The molecule has 0 fully saturated rings. The monoisotopic (exact) mass is 1060 g/mol. The molecule has 12 heteroatoms. The topological polar surface area (TPSA) is 152 Å². The van der Waals surface area contributed by atoms with Crippen molar-refractivity contribution in [2.45, 2.75) is 85.5 Å². The van der Waals surface area contributed by atoms with E-state index in [1.54, 1.807) is 60.7 Å². The van der Waals surface area contributed by atoms with E-state index < -0.39 is 29.0 Å². The molecule has 0 bridgehead atoms. The Morgan fingerprint density at radius 2 is 0.679 bits per heavy atom. The van der Waals surface area contributed by atoms with Gasteiger partial charge in [0.1, 0.15) is 5.82 Å². The second kappa shape index (κ2) is 20.5. The zero-order chi connectivity index (χ0) is 56.4. The fourth-order valence-corrected chi connectivity index (χ4v) is 11.0. The van der Waals surface area contributed by atoms with Crippen molar-refractivity contribution >= 4 is 45.8 Å². The van der Waals surface area contributed by atoms with E-state index in [2.05, 4.69) is 64.1 Å². The van der Waals surface area contributed by atoms with Crippen LogP contribution in [-0.2, 0) is 5.41 Å². The van der Waals surface area contributed by atoms with E-state index in [1.807, 2.05) is 100 Å². The van der Waals surface area contributed by atoms with Crippen molar-refractivity contribution in [2.75, 3.05) is 9.80 Å². The summed E-state index contributed by atoms with van der Waals surface area (Å²) in [4.78, 5) is 90.6. The standard InChI is InChI=1S/C69H58N8O4/c1-9-42(10-2)44-21-25-48(26-22-44)63-73-62(46-17-13-41(6)14-18-46)74-68(75-63)69(7,8)50-29-33-52(34-30-50)77-66(80)55-37-35-53-57-54(36-38-56(58(55)57)67(77)81)65(79)76(64(53)78)51-31-27-49(28-32-51)61-71-59(45-15-11-40(5)12-16-45)70-60(72-61)47-23-19-43(20-24-47)39(3)4/h11-39,42H,9-10H2,1-8H3. The molecule has 4 amide bonds. The van der Waals surface area contributed by atoms with Gasteiger partial charge in [-0.3, -0.25) is 19.2 Å². The molecule has 0 N–H and O–H groups in total. The van der Waals surface area contributed by atoms with E-state index in [1.165, 1.54) is 11.1 Å². The summed E-state index contributed by atoms with van der Waals surface area (Å²) in [5.74, 6) is 1.67. The number of benzene rings is 8. The number of carbonyl (C=O) groups excluding carboxylic acids is 4. The Kier molecular flexibility index (Phi) is 13.2. The van der Waals surface area contributed by atoms with Crippen molar-refractivity contribution in [3.63, 3.8) is 0 Å². The lowest BCUT2D eigenvalue weighted by molar-refractivity contribution is 0.0873. The Morgan fingerprint density at radius 1 is 0.383 bits per heavy atom. The number of imide groups is 2. The minimum absolute atomic E-state index is 0.203. The van der Waals surface area contributed by atoms with Gasteiger partial charge in [0, 0.05) is 66.3 Å². The molecule has 10 aromatic rings. The Hall–Kier alpha value is -9.68. The maximum Gasteiger partial charge on any atom is 0.265 e. The van der Waals surface area contributed by atoms with Crippen LogP contribution in [0, 0.1) is 13.8 Å². The molecule has 0 saturated heterocycles. The molecule has 2 aliphatic rings. The molecule has 12 nitrogen and oxygen atoms in total. The first-order valence-corrected chi connectivity index (χ1v) is 27.6. The van der Waals surface area contributed by atoms with Gasteiger partial charge in [0.2, 0.25) is 0 Å². The van der Waals surface area contributed by atoms with Crippen LogP contribution in [0.15, 0.2) is 170 Å². The number of aromatic nitrogens is 6. The van der Waals surface area contributed by atoms with Gasteiger partial charge >= 0.3 is 0 Å². The van der Waals surface area contributed by atoms with Crippen molar-refractivity contribution < 1.29 is 19.2 Å². The number of anilines is 2. The SMILES string of the molecule is CCC(CC)c1ccc(-c2nc(-c3ccc(C)cc3)nc(C(C)(C)c3ccc(N4C(=O)c5ccc6c7c(ccc(c57)C4=O)C(=O)N(c4ccc(-c5nc(-c7ccc(C)cc7)nc(-c7ccc(C(C)C)cc7)n5)cc4)C6=O)cc3)n2)cc1. The predicted molar refractivity (Wildman–Crippen MR) is 319 cm³/mol. The number of nitrogens with zero attached hydrogens (tertiary/aromatic N) is 8. The molecule has 0 aliphatic carbocycles. The van der Waals surface area contributed by atoms with E-state index in [0.29, 0.717) is 63.7 Å². The summed E-state index contributed by atoms with van der Waals surface area (Å²) in [7, 11) is 0. The molecule has 2 aliphatic heterocycles. The number of hydrogen-bond acceptors (Lipinski definition) is 10. The third-order valence-corrected chi connectivity index (χ3v) is 16.0. The van der Waals surface area contributed by atoms with Crippen LogP contribution in [0.4, 0.5) is 11.4 Å². The van der Waals surface area contributed by atoms with Gasteiger partial charge in [-0.2, -0.15) is 0 Å². The fraction of sp³-hybridized carbons (Fsp3) is 0.188. The van der Waals surface area contributed by atoms with Gasteiger partial charge in [-0.1, -0.05) is 148 Å². The summed E-state index contributed by atoms with van der Waals surface area (Å²) in [6.07, 6.45) is 2.12. The van der Waals surface area contributed by atoms with Crippen LogP contribution in [0.5, 0.6) is 0 Å². The largest absolute Gasteiger partial charge is 0.268 e. The van der Waals surface area contributed by atoms with Crippen molar-refractivity contribution in [1.82, 2.24) is 29.9 Å². The van der Waals surface area contributed by atoms with Gasteiger partial charge in [0.15, 0.2) is 29.1 Å². The van der Waals surface area contributed by atoms with E-state index in [-0.39, 0.29) is 33.0 Å². The van der Waals surface area contributed by atoms with Crippen LogP contribution in [0.3, 0.4) is 0 Å². The highest BCUT2D eigenvalue weighted by molar-refractivity contribution is 6.42. The second-order valence-corrected chi connectivity index (χ2v) is 21.9. The molecular formula is C69H58N8O4. The summed E-state index contributed by atoms with van der Waals surface area (Å²) >= 11 is 0. The molecule has 0 saturated carbocycles. The molecule has 0 radical (unpaired) electrons. The van der Waals surface area contributed by atoms with Gasteiger partial charge in [-0.25, -0.2) is 39.7 Å². The van der Waals surface area contributed by atoms with Crippen molar-refractivity contribution in [1.29, 1.82) is 0 Å². The van der Waals surface area contributed by atoms with Crippen LogP contribution < -0.4 is 9.80 Å². The molecular weight excluding hydrogens is 1000 g/mol. The fourth-order valence-electron chi connectivity index (χ4n) is 11.0. The maximum absolute atomic E-state index is 14.6. The number of hydrogen-bond donors (Lipinski definition) is 0. The number of amides is 4. The Labute approximate surface area is 470 Å². The quantitative estimate of drug-likeness (QED) is 0.102. The zero-order valence-corrected chi connectivity index (χ0v) is 46.4. The molecule has 398 valence electrons. The van der Waals surface area contributed by atoms with E-state index in [9.17, 15) is 19.2 Å². The minimum Gasteiger partial charge on any atom is -0.268 e. The number of carbonyl (C=O) groups is 4. The van der Waals surface area contributed by atoms with Crippen LogP contribution >= 0.6 is 0 Å². The molecule has 0 spiro atoms. The Balaban J connectivity index is 0.827. The summed E-state index contributed by atoms with van der Waals surface area (Å²) in [6, 6.07) is 53.4. The van der Waals surface area contributed by atoms with Crippen LogP contribution in [0.25, 0.3) is 67.7 Å².